The van der Waals surface area contributed by atoms with Gasteiger partial charge in [0.2, 0.25) is 23.6 Å². The number of nitrogens with one attached hydrogen (secondary N) is 4. The predicted octanol–water partition coefficient (Wildman–Crippen LogP) is 5.18. The van der Waals surface area contributed by atoms with Crippen molar-refractivity contribution in [2.75, 3.05) is 64.0 Å². The summed E-state index contributed by atoms with van der Waals surface area (Å²) in [7, 11) is 2.95. The Morgan fingerprint density at radius 1 is 0.709 bits per heavy atom. The van der Waals surface area contributed by atoms with E-state index in [-0.39, 0.29) is 98.9 Å². The van der Waals surface area contributed by atoms with Gasteiger partial charge in [0.25, 0.3) is 23.6 Å². The van der Waals surface area contributed by atoms with Crippen LogP contribution in [0.2, 0.25) is 0 Å². The van der Waals surface area contributed by atoms with E-state index >= 15 is 0 Å². The van der Waals surface area contributed by atoms with Gasteiger partial charge in [-0.3, -0.25) is 48.2 Å². The van der Waals surface area contributed by atoms with Crippen LogP contribution in [-0.4, -0.2) is 164 Å². The van der Waals surface area contributed by atoms with E-state index in [9.17, 15) is 48.3 Å². The Morgan fingerprint density at radius 2 is 1.35 bits per heavy atom. The Balaban J connectivity index is 0.798. The standard InChI is InChI=1S/C61H73N9O16/c1-35(2)55(66-52(72)18-23-83-24-19-62-51(71)17-20-67-53(73)15-16-54(67)74)57(76)64-38(5)56(75)65-40-13-11-39(12-14-40)34-86-61(80)70-45-30-50(48(82-7)28-43(45)59(78)69-33-37(4)26-46(69)60(70)79)85-22-10-8-9-21-84-49-29-44-42(27-47(49)81-6)58(77)68-32-36(3)25-41(68)31-63-44/h11-16,27-33,35,38,41,46,55,60,79H,8-10,17-26,34H2,1-7H3,(H,62,71)(H,64,76)(H,65,75)(H,66,72)/t38-,41-,46-,55-,60-/m0/s1. The smallest absolute Gasteiger partial charge is 0.416 e. The summed E-state index contributed by atoms with van der Waals surface area (Å²) in [5, 5.41) is 22.6. The number of benzene rings is 3. The third-order valence-corrected chi connectivity index (χ3v) is 14.9. The molecular formula is C61H73N9O16. The van der Waals surface area contributed by atoms with Gasteiger partial charge in [-0.05, 0) is 88.6 Å². The first-order valence-corrected chi connectivity index (χ1v) is 28.5. The fraction of sp³-hybridized carbons (Fsp3) is 0.443. The third kappa shape index (κ3) is 15.2. The number of anilines is 2. The number of methoxy groups -OCH3 is 2. The number of hydrogen-bond acceptors (Lipinski definition) is 17. The monoisotopic (exact) mass is 1190 g/mol. The van der Waals surface area contributed by atoms with Crippen LogP contribution in [0.5, 0.6) is 23.0 Å². The Hall–Kier alpha value is -9.10. The van der Waals surface area contributed by atoms with Gasteiger partial charge in [0.1, 0.15) is 18.7 Å². The molecule has 0 radical (unpaired) electrons. The molecule has 3 aromatic rings. The maximum Gasteiger partial charge on any atom is 0.416 e. The lowest BCUT2D eigenvalue weighted by molar-refractivity contribution is -0.137. The number of aliphatic imine (C=N–C) groups is 1. The van der Waals surface area contributed by atoms with Crippen molar-refractivity contribution >= 4 is 76.6 Å². The van der Waals surface area contributed by atoms with Gasteiger partial charge in [0.05, 0.1) is 75.2 Å². The van der Waals surface area contributed by atoms with Crippen molar-refractivity contribution in [3.05, 3.63) is 101 Å². The van der Waals surface area contributed by atoms with Crippen molar-refractivity contribution < 1.29 is 76.7 Å². The molecule has 9 amide bonds. The largest absolute Gasteiger partial charge is 0.493 e. The van der Waals surface area contributed by atoms with Crippen LogP contribution in [0.25, 0.3) is 0 Å². The number of aliphatic hydroxyl groups excluding tert-OH is 1. The summed E-state index contributed by atoms with van der Waals surface area (Å²) in [6.45, 7) is 9.27. The summed E-state index contributed by atoms with van der Waals surface area (Å²) < 4.78 is 34.9. The summed E-state index contributed by atoms with van der Waals surface area (Å²) in [6.07, 6.45) is 7.89. The molecule has 3 aromatic carbocycles. The van der Waals surface area contributed by atoms with Crippen molar-refractivity contribution in [2.45, 2.75) is 117 Å². The Labute approximate surface area is 497 Å². The van der Waals surface area contributed by atoms with E-state index in [4.69, 9.17) is 28.4 Å². The second-order valence-electron chi connectivity index (χ2n) is 21.7. The molecule has 458 valence electrons. The quantitative estimate of drug-likeness (QED) is 0.0485. The fourth-order valence-electron chi connectivity index (χ4n) is 10.2. The van der Waals surface area contributed by atoms with Gasteiger partial charge in [-0.1, -0.05) is 37.1 Å². The van der Waals surface area contributed by atoms with Crippen LogP contribution in [0.1, 0.15) is 106 Å². The lowest BCUT2D eigenvalue weighted by Gasteiger charge is -2.31. The number of rotatable bonds is 27. The number of nitrogens with zero attached hydrogens (tertiary/aromatic N) is 5. The van der Waals surface area contributed by atoms with E-state index in [2.05, 4.69) is 26.3 Å². The zero-order valence-corrected chi connectivity index (χ0v) is 49.2. The lowest BCUT2D eigenvalue weighted by Crippen LogP contribution is -2.53. The maximum absolute atomic E-state index is 14.2. The molecule has 5 aliphatic rings. The topological polar surface area (TPSA) is 303 Å². The molecule has 5 atom stereocenters. The molecule has 8 rings (SSSR count). The zero-order valence-electron chi connectivity index (χ0n) is 49.2. The van der Waals surface area contributed by atoms with E-state index in [1.165, 1.54) is 38.2 Å². The number of unbranched alkanes of at least 4 members (excludes halogenated alkanes) is 2. The third-order valence-electron chi connectivity index (χ3n) is 14.9. The van der Waals surface area contributed by atoms with Gasteiger partial charge in [-0.25, -0.2) is 9.69 Å². The molecular weight excluding hydrogens is 1110 g/mol. The molecule has 0 aromatic heterocycles. The van der Waals surface area contributed by atoms with Crippen molar-refractivity contribution in [2.24, 2.45) is 10.9 Å². The number of amides is 9. The van der Waals surface area contributed by atoms with Crippen LogP contribution in [0.3, 0.4) is 0 Å². The van der Waals surface area contributed by atoms with Crippen LogP contribution in [0.4, 0.5) is 21.9 Å². The second kappa shape index (κ2) is 28.7. The molecule has 25 nitrogen and oxygen atoms in total. The highest BCUT2D eigenvalue weighted by molar-refractivity contribution is 6.13. The lowest BCUT2D eigenvalue weighted by atomic mass is 10.0. The van der Waals surface area contributed by atoms with E-state index in [1.54, 1.807) is 67.6 Å². The van der Waals surface area contributed by atoms with Crippen LogP contribution >= 0.6 is 0 Å². The fourth-order valence-corrected chi connectivity index (χ4v) is 10.2. The summed E-state index contributed by atoms with van der Waals surface area (Å²) in [4.78, 5) is 126. The van der Waals surface area contributed by atoms with Gasteiger partial charge in [-0.15, -0.1) is 0 Å². The summed E-state index contributed by atoms with van der Waals surface area (Å²) >= 11 is 0. The number of imide groups is 1. The van der Waals surface area contributed by atoms with Crippen molar-refractivity contribution in [3.63, 3.8) is 0 Å². The van der Waals surface area contributed by atoms with Gasteiger partial charge in [-0.2, -0.15) is 0 Å². The van der Waals surface area contributed by atoms with E-state index in [0.29, 0.717) is 66.3 Å². The summed E-state index contributed by atoms with van der Waals surface area (Å²) in [6, 6.07) is 9.80. The average molecular weight is 1190 g/mol. The highest BCUT2D eigenvalue weighted by atomic mass is 16.6. The van der Waals surface area contributed by atoms with Crippen molar-refractivity contribution in [3.8, 4) is 23.0 Å². The number of carbonyl (C=O) groups is 9. The van der Waals surface area contributed by atoms with Crippen molar-refractivity contribution in [1.29, 1.82) is 0 Å². The highest BCUT2D eigenvalue weighted by Crippen LogP contribution is 2.43. The molecule has 0 fully saturated rings. The molecule has 5 N–H and O–H groups in total. The maximum atomic E-state index is 14.2. The second-order valence-corrected chi connectivity index (χ2v) is 21.7. The van der Waals surface area contributed by atoms with E-state index in [1.807, 2.05) is 20.0 Å². The first-order valence-electron chi connectivity index (χ1n) is 28.5. The Morgan fingerprint density at radius 3 is 2.02 bits per heavy atom. The highest BCUT2D eigenvalue weighted by Gasteiger charge is 2.45. The van der Waals surface area contributed by atoms with Gasteiger partial charge < -0.3 is 64.6 Å². The summed E-state index contributed by atoms with van der Waals surface area (Å²) in [5.74, 6) is -2.53. The van der Waals surface area contributed by atoms with Crippen LogP contribution in [-0.2, 0) is 44.8 Å². The Bertz CT molecular complexity index is 3210. The normalized spacial score (nSPS) is 18.2. The van der Waals surface area contributed by atoms with Gasteiger partial charge in [0, 0.05) is 74.5 Å². The molecule has 5 heterocycles. The van der Waals surface area contributed by atoms with Crippen LogP contribution < -0.4 is 45.1 Å². The van der Waals surface area contributed by atoms with Gasteiger partial charge >= 0.3 is 6.09 Å². The molecule has 86 heavy (non-hydrogen) atoms. The average Bonchev–Trinajstić information content (AvgIpc) is 1.99. The number of fused-ring (bicyclic) bond motifs is 4. The molecule has 0 saturated carbocycles. The first kappa shape index (κ1) is 62.9. The minimum atomic E-state index is -1.53. The number of hydrogen-bond donors (Lipinski definition) is 5. The van der Waals surface area contributed by atoms with E-state index in [0.717, 1.165) is 39.5 Å². The minimum Gasteiger partial charge on any atom is -0.493 e. The SMILES string of the molecule is COc1cc2c(cc1OCCCCCOc1cc3c(cc1OC)C(=O)N1C=C(C)C[C@H]1[C@H](O)N3C(=O)OCc1ccc(NC(=O)[C@H](C)NC(=O)[C@@H](NC(=O)CCOCCNC(=O)CCN3C(=O)C=CC3=O)C(C)C)cc1)N=C[C@@H]1CC(C)=CN1C2=O. The molecule has 0 aliphatic carbocycles. The molecule has 0 unspecified atom stereocenters. The first-order chi connectivity index (χ1) is 41.2. The molecule has 0 saturated heterocycles. The van der Waals surface area contributed by atoms with E-state index < -0.39 is 65.9 Å². The molecule has 0 spiro atoms. The molecule has 5 aliphatic heterocycles. The van der Waals surface area contributed by atoms with Crippen molar-refractivity contribution in [1.82, 2.24) is 30.7 Å². The number of aliphatic hydroxyl groups is 1. The van der Waals surface area contributed by atoms with Crippen LogP contribution in [0.15, 0.2) is 89.2 Å². The molecule has 25 heteroatoms. The van der Waals surface area contributed by atoms with Crippen LogP contribution in [0, 0.1) is 5.92 Å². The Kier molecular flexibility index (Phi) is 21.0. The number of carbonyl (C=O) groups excluding carboxylic acids is 9. The number of ether oxygens (including phenoxy) is 6. The predicted molar refractivity (Wildman–Crippen MR) is 313 cm³/mol. The minimum absolute atomic E-state index is 0.00262. The zero-order chi connectivity index (χ0) is 61.8. The molecule has 0 bridgehead atoms. The van der Waals surface area contributed by atoms with Gasteiger partial charge in [0.15, 0.2) is 29.2 Å². The summed E-state index contributed by atoms with van der Waals surface area (Å²) in [5.41, 5.74) is 3.88.